The molecule has 1 aromatic rings. The van der Waals surface area contributed by atoms with E-state index in [2.05, 4.69) is 27.2 Å². The van der Waals surface area contributed by atoms with Crippen LogP contribution in [0.2, 0.25) is 0 Å². The van der Waals surface area contributed by atoms with E-state index in [9.17, 15) is 9.59 Å². The van der Waals surface area contributed by atoms with Crippen molar-refractivity contribution in [3.05, 3.63) is 24.3 Å². The molecular formula is C22H32N4O3. The van der Waals surface area contributed by atoms with E-state index in [-0.39, 0.29) is 17.7 Å². The van der Waals surface area contributed by atoms with Crippen molar-refractivity contribution in [3.8, 4) is 0 Å². The van der Waals surface area contributed by atoms with Crippen LogP contribution in [0.15, 0.2) is 24.3 Å². The maximum absolute atomic E-state index is 12.5. The van der Waals surface area contributed by atoms with Crippen LogP contribution in [0.3, 0.4) is 0 Å². The van der Waals surface area contributed by atoms with Gasteiger partial charge in [0.2, 0.25) is 11.8 Å². The predicted molar refractivity (Wildman–Crippen MR) is 113 cm³/mol. The van der Waals surface area contributed by atoms with Gasteiger partial charge in [-0.3, -0.25) is 14.5 Å². The van der Waals surface area contributed by atoms with Crippen LogP contribution in [0, 0.1) is 5.92 Å². The maximum atomic E-state index is 12.5. The Morgan fingerprint density at radius 1 is 1.03 bits per heavy atom. The predicted octanol–water partition coefficient (Wildman–Crippen LogP) is 1.48. The highest BCUT2D eigenvalue weighted by Gasteiger charge is 2.35. The Labute approximate surface area is 173 Å². The van der Waals surface area contributed by atoms with Gasteiger partial charge in [-0.15, -0.1) is 0 Å². The van der Waals surface area contributed by atoms with Gasteiger partial charge in [0.05, 0.1) is 19.1 Å². The summed E-state index contributed by atoms with van der Waals surface area (Å²) in [6, 6.07) is 8.20. The zero-order valence-electron chi connectivity index (χ0n) is 17.1. The molecule has 0 spiro atoms. The van der Waals surface area contributed by atoms with E-state index >= 15 is 0 Å². The van der Waals surface area contributed by atoms with Gasteiger partial charge in [-0.1, -0.05) is 0 Å². The average molecular weight is 401 g/mol. The fraction of sp³-hybridized carbons (Fsp3) is 0.636. The van der Waals surface area contributed by atoms with Crippen LogP contribution < -0.4 is 15.1 Å². The lowest BCUT2D eigenvalue weighted by molar-refractivity contribution is -0.126. The van der Waals surface area contributed by atoms with Crippen LogP contribution in [0.25, 0.3) is 0 Å². The van der Waals surface area contributed by atoms with Crippen molar-refractivity contribution >= 4 is 23.2 Å². The molecular weight excluding hydrogens is 368 g/mol. The number of morpholine rings is 1. The number of nitrogens with one attached hydrogen (secondary N) is 1. The smallest absolute Gasteiger partial charge is 0.227 e. The van der Waals surface area contributed by atoms with Crippen molar-refractivity contribution < 1.29 is 14.3 Å². The Morgan fingerprint density at radius 2 is 1.72 bits per heavy atom. The number of hydrogen-bond acceptors (Lipinski definition) is 5. The molecule has 29 heavy (non-hydrogen) atoms. The molecule has 0 radical (unpaired) electrons. The van der Waals surface area contributed by atoms with Gasteiger partial charge in [-0.2, -0.15) is 0 Å². The van der Waals surface area contributed by atoms with E-state index in [1.165, 1.54) is 18.5 Å². The zero-order valence-corrected chi connectivity index (χ0v) is 17.1. The summed E-state index contributed by atoms with van der Waals surface area (Å²) >= 11 is 0. The first-order chi connectivity index (χ1) is 14.2. The van der Waals surface area contributed by atoms with Gasteiger partial charge in [0.15, 0.2) is 0 Å². The first-order valence-electron chi connectivity index (χ1n) is 10.9. The standard InChI is InChI=1S/C22H32N4O3/c27-21-16-18(22(28)23-8-3-9-24-12-14-29-15-13-24)17-26(21)20-6-4-19(5-7-20)25-10-1-2-11-25/h4-7,18H,1-3,8-17H2,(H,23,28). The number of hydrogen-bond donors (Lipinski definition) is 1. The summed E-state index contributed by atoms with van der Waals surface area (Å²) in [4.78, 5) is 31.5. The number of rotatable bonds is 7. The molecule has 7 nitrogen and oxygen atoms in total. The second-order valence-corrected chi connectivity index (χ2v) is 8.21. The van der Waals surface area contributed by atoms with Crippen LogP contribution in [0.1, 0.15) is 25.7 Å². The molecule has 3 heterocycles. The number of anilines is 2. The largest absolute Gasteiger partial charge is 0.379 e. The lowest BCUT2D eigenvalue weighted by Gasteiger charge is -2.26. The number of nitrogens with zero attached hydrogens (tertiary/aromatic N) is 3. The zero-order chi connectivity index (χ0) is 20.1. The second kappa shape index (κ2) is 9.59. The minimum absolute atomic E-state index is 0.00323. The summed E-state index contributed by atoms with van der Waals surface area (Å²) < 4.78 is 5.35. The van der Waals surface area contributed by atoms with Crippen molar-refractivity contribution in [3.63, 3.8) is 0 Å². The summed E-state index contributed by atoms with van der Waals surface area (Å²) in [6.45, 7) is 7.85. The summed E-state index contributed by atoms with van der Waals surface area (Å²) in [5, 5.41) is 3.02. The Kier molecular flexibility index (Phi) is 6.67. The molecule has 158 valence electrons. The van der Waals surface area contributed by atoms with E-state index in [1.807, 2.05) is 12.1 Å². The molecule has 0 aliphatic carbocycles. The Balaban J connectivity index is 1.23. The van der Waals surface area contributed by atoms with E-state index in [0.29, 0.717) is 19.5 Å². The molecule has 0 saturated carbocycles. The van der Waals surface area contributed by atoms with Crippen molar-refractivity contribution in [1.82, 2.24) is 10.2 Å². The Bertz CT molecular complexity index is 697. The van der Waals surface area contributed by atoms with Crippen LogP contribution >= 0.6 is 0 Å². The molecule has 3 saturated heterocycles. The normalized spacial score (nSPS) is 23.0. The highest BCUT2D eigenvalue weighted by Crippen LogP contribution is 2.28. The monoisotopic (exact) mass is 400 g/mol. The molecule has 1 aromatic carbocycles. The van der Waals surface area contributed by atoms with Gasteiger partial charge >= 0.3 is 0 Å². The van der Waals surface area contributed by atoms with Crippen molar-refractivity contribution in [1.29, 1.82) is 0 Å². The maximum Gasteiger partial charge on any atom is 0.227 e. The molecule has 0 bridgehead atoms. The molecule has 7 heteroatoms. The molecule has 1 N–H and O–H groups in total. The topological polar surface area (TPSA) is 65.1 Å². The summed E-state index contributed by atoms with van der Waals surface area (Å²) in [6.07, 6.45) is 3.71. The lowest BCUT2D eigenvalue weighted by atomic mass is 10.1. The molecule has 4 rings (SSSR count). The van der Waals surface area contributed by atoms with Crippen LogP contribution in [-0.2, 0) is 14.3 Å². The van der Waals surface area contributed by atoms with Crippen LogP contribution in [-0.4, -0.2) is 75.7 Å². The number of carbonyl (C=O) groups is 2. The fourth-order valence-corrected chi connectivity index (χ4v) is 4.43. The van der Waals surface area contributed by atoms with E-state index in [0.717, 1.165) is 58.0 Å². The lowest BCUT2D eigenvalue weighted by Crippen LogP contribution is -2.39. The van der Waals surface area contributed by atoms with E-state index in [4.69, 9.17) is 4.74 Å². The van der Waals surface area contributed by atoms with Crippen molar-refractivity contribution in [2.24, 2.45) is 5.92 Å². The van der Waals surface area contributed by atoms with E-state index in [1.54, 1.807) is 4.90 Å². The SMILES string of the molecule is O=C(NCCCN1CCOCC1)C1CC(=O)N(c2ccc(N3CCCC3)cc2)C1. The Hall–Kier alpha value is -2.12. The molecule has 1 atom stereocenters. The third kappa shape index (κ3) is 5.08. The molecule has 3 aliphatic rings. The molecule has 3 fully saturated rings. The third-order valence-corrected chi connectivity index (χ3v) is 6.18. The average Bonchev–Trinajstić information content (AvgIpc) is 3.42. The third-order valence-electron chi connectivity index (χ3n) is 6.18. The first-order valence-corrected chi connectivity index (χ1v) is 10.9. The summed E-state index contributed by atoms with van der Waals surface area (Å²) in [5.74, 6) is -0.229. The highest BCUT2D eigenvalue weighted by molar-refractivity contribution is 6.00. The van der Waals surface area contributed by atoms with Gasteiger partial charge in [0.25, 0.3) is 0 Å². The quantitative estimate of drug-likeness (QED) is 0.703. The second-order valence-electron chi connectivity index (χ2n) is 8.21. The van der Waals surface area contributed by atoms with Crippen molar-refractivity contribution in [2.75, 3.05) is 68.8 Å². The molecule has 0 aromatic heterocycles. The van der Waals surface area contributed by atoms with Gasteiger partial charge in [-0.05, 0) is 50.1 Å². The minimum atomic E-state index is -0.260. The Morgan fingerprint density at radius 3 is 2.45 bits per heavy atom. The summed E-state index contributed by atoms with van der Waals surface area (Å²) in [7, 11) is 0. The van der Waals surface area contributed by atoms with Gasteiger partial charge in [0.1, 0.15) is 0 Å². The van der Waals surface area contributed by atoms with Gasteiger partial charge in [0, 0.05) is 57.1 Å². The summed E-state index contributed by atoms with van der Waals surface area (Å²) in [5.41, 5.74) is 2.10. The first kappa shape index (κ1) is 20.2. The number of ether oxygens (including phenoxy) is 1. The molecule has 3 aliphatic heterocycles. The van der Waals surface area contributed by atoms with E-state index < -0.39 is 0 Å². The fourth-order valence-electron chi connectivity index (χ4n) is 4.43. The number of benzene rings is 1. The number of carbonyl (C=O) groups excluding carboxylic acids is 2. The number of amides is 2. The molecule has 2 amide bonds. The van der Waals surface area contributed by atoms with Gasteiger partial charge < -0.3 is 19.9 Å². The van der Waals surface area contributed by atoms with Crippen LogP contribution in [0.5, 0.6) is 0 Å². The molecule has 1 unspecified atom stereocenters. The minimum Gasteiger partial charge on any atom is -0.379 e. The highest BCUT2D eigenvalue weighted by atomic mass is 16.5. The van der Waals surface area contributed by atoms with Gasteiger partial charge in [-0.25, -0.2) is 0 Å². The van der Waals surface area contributed by atoms with Crippen molar-refractivity contribution in [2.45, 2.75) is 25.7 Å². The van der Waals surface area contributed by atoms with Crippen LogP contribution in [0.4, 0.5) is 11.4 Å².